The van der Waals surface area contributed by atoms with E-state index in [1.165, 1.54) is 0 Å². The average molecular weight is 519 g/mol. The smallest absolute Gasteiger partial charge is 0.302 e. The third-order valence-electron chi connectivity index (χ3n) is 4.00. The van der Waals surface area contributed by atoms with Crippen LogP contribution >= 0.6 is 31.0 Å². The van der Waals surface area contributed by atoms with E-state index in [9.17, 15) is 23.5 Å². The summed E-state index contributed by atoms with van der Waals surface area (Å²) in [4.78, 5) is 37.6. The Morgan fingerprint density at radius 1 is 0.531 bits per heavy atom. The lowest BCUT2D eigenvalue weighted by Crippen LogP contribution is -2.32. The summed E-state index contributed by atoms with van der Waals surface area (Å²) < 4.78 is 49.4. The van der Waals surface area contributed by atoms with Crippen molar-refractivity contribution in [3.63, 3.8) is 0 Å². The molecule has 3 rings (SSSR count). The lowest BCUT2D eigenvalue weighted by molar-refractivity contribution is 0.209. The summed E-state index contributed by atoms with van der Waals surface area (Å²) in [6, 6.07) is 25.3. The molecule has 2 unspecified atom stereocenters. The van der Waals surface area contributed by atoms with Crippen LogP contribution in [0.5, 0.6) is 0 Å². The Morgan fingerprint density at radius 2 is 0.875 bits per heavy atom. The van der Waals surface area contributed by atoms with E-state index in [1.54, 1.807) is 91.0 Å². The zero-order chi connectivity index (χ0) is 23.5. The van der Waals surface area contributed by atoms with Crippen LogP contribution in [-0.2, 0) is 26.6 Å². The molecule has 0 bridgehead atoms. The number of phosphoric acid groups is 3. The molecule has 3 aromatic rings. The first kappa shape index (κ1) is 25.1. The minimum absolute atomic E-state index is 0.485. The van der Waals surface area contributed by atoms with Gasteiger partial charge in [-0.2, -0.15) is 8.62 Å². The van der Waals surface area contributed by atoms with Gasteiger partial charge in [0.05, 0.1) is 0 Å². The van der Waals surface area contributed by atoms with Crippen LogP contribution in [0, 0.1) is 0 Å². The Morgan fingerprint density at radius 3 is 1.19 bits per heavy atom. The number of hydrogen-bond acceptors (Lipinski definition) is 6. The highest BCUT2D eigenvalue weighted by Crippen LogP contribution is 2.73. The molecule has 0 aliphatic rings. The average Bonchev–Trinajstić information content (AvgIpc) is 2.71. The van der Waals surface area contributed by atoms with Crippen LogP contribution in [0.2, 0.25) is 0 Å². The summed E-state index contributed by atoms with van der Waals surface area (Å²) in [5.74, 6) is 0. The van der Waals surface area contributed by atoms with Crippen molar-refractivity contribution in [2.24, 2.45) is 0 Å². The third-order valence-corrected chi connectivity index (χ3v) is 12.2. The van der Waals surface area contributed by atoms with Crippen molar-refractivity contribution < 1.29 is 46.2 Å². The first-order valence-corrected chi connectivity index (χ1v) is 15.1. The first-order valence-electron chi connectivity index (χ1n) is 8.85. The monoisotopic (exact) mass is 519 g/mol. The molecule has 4 N–H and O–H groups in total. The molecule has 0 saturated carbocycles. The molecule has 0 amide bonds. The minimum Gasteiger partial charge on any atom is -0.302 e. The Balaban J connectivity index is 2.18. The topological polar surface area (TPSA) is 160 Å². The summed E-state index contributed by atoms with van der Waals surface area (Å²) in [5.41, 5.74) is 0. The summed E-state index contributed by atoms with van der Waals surface area (Å²) in [6.45, 7) is 0. The van der Waals surface area contributed by atoms with Gasteiger partial charge in [-0.3, -0.25) is 0 Å². The molecule has 0 aliphatic heterocycles. The molecule has 0 spiro atoms. The molecule has 32 heavy (non-hydrogen) atoms. The van der Waals surface area contributed by atoms with Gasteiger partial charge in [0.2, 0.25) is 0 Å². The maximum atomic E-state index is 12.9. The van der Waals surface area contributed by atoms with Crippen LogP contribution in [0.15, 0.2) is 91.0 Å². The molecule has 0 aliphatic carbocycles. The molecule has 0 aromatic heterocycles. The predicted octanol–water partition coefficient (Wildman–Crippen LogP) is 3.24. The summed E-state index contributed by atoms with van der Waals surface area (Å²) in [6.07, 6.45) is 0. The zero-order valence-corrected chi connectivity index (χ0v) is 19.8. The van der Waals surface area contributed by atoms with Gasteiger partial charge in [0, 0.05) is 0 Å². The second-order valence-electron chi connectivity index (χ2n) is 6.29. The van der Waals surface area contributed by atoms with Gasteiger partial charge in [-0.05, 0) is 36.4 Å². The van der Waals surface area contributed by atoms with Crippen LogP contribution < -0.4 is 15.9 Å². The fourth-order valence-corrected chi connectivity index (χ4v) is 10.9. The quantitative estimate of drug-likeness (QED) is 0.309. The van der Waals surface area contributed by atoms with Gasteiger partial charge in [0.15, 0.2) is 0 Å². The van der Waals surface area contributed by atoms with Crippen molar-refractivity contribution in [3.8, 4) is 0 Å². The van der Waals surface area contributed by atoms with Gasteiger partial charge < -0.3 is 19.6 Å². The van der Waals surface area contributed by atoms with Crippen molar-refractivity contribution >= 4 is 46.9 Å². The highest BCUT2D eigenvalue weighted by molar-refractivity contribution is 7.95. The van der Waals surface area contributed by atoms with E-state index >= 15 is 0 Å². The molecule has 0 fully saturated rings. The molecular formula is C18H19O10P4+. The largest absolute Gasteiger partial charge is 0.515 e. The standard InChI is InChI=1S/C18H18O10P4/c19-30(20,21)27-32(24,25)28-31(22,23)26-29(16-10-4-1-5-11-16,17-12-6-2-7-13-17)18-14-8-3-9-15-18/h1-15H,(H3-,19,20,21,22,23,24,25)/p+1. The van der Waals surface area contributed by atoms with Crippen LogP contribution in [0.25, 0.3) is 0 Å². The summed E-state index contributed by atoms with van der Waals surface area (Å²) >= 11 is 0. The number of hydrogen-bond donors (Lipinski definition) is 4. The van der Waals surface area contributed by atoms with Gasteiger partial charge >= 0.3 is 23.5 Å². The third kappa shape index (κ3) is 6.30. The SMILES string of the molecule is O=P(O)(O)OP(=O)(O)OP(=O)(O)O[P+](c1ccccc1)(c1ccccc1)c1ccccc1. The zero-order valence-electron chi connectivity index (χ0n) is 16.2. The van der Waals surface area contributed by atoms with Crippen molar-refractivity contribution in [2.45, 2.75) is 0 Å². The molecule has 0 radical (unpaired) electrons. The Hall–Kier alpha value is -1.50. The van der Waals surface area contributed by atoms with E-state index in [2.05, 4.69) is 8.62 Å². The second-order valence-corrected chi connectivity index (χ2v) is 13.9. The predicted molar refractivity (Wildman–Crippen MR) is 120 cm³/mol. The van der Waals surface area contributed by atoms with Crippen molar-refractivity contribution in [1.29, 1.82) is 0 Å². The molecule has 170 valence electrons. The van der Waals surface area contributed by atoms with Crippen LogP contribution in [0.4, 0.5) is 0 Å². The summed E-state index contributed by atoms with van der Waals surface area (Å²) in [7, 11) is -20.1. The van der Waals surface area contributed by atoms with E-state index in [4.69, 9.17) is 14.1 Å². The Kier molecular flexibility index (Phi) is 7.68. The van der Waals surface area contributed by atoms with E-state index in [-0.39, 0.29) is 0 Å². The van der Waals surface area contributed by atoms with E-state index in [1.807, 2.05) is 0 Å². The van der Waals surface area contributed by atoms with E-state index < -0.39 is 31.0 Å². The van der Waals surface area contributed by atoms with Crippen molar-refractivity contribution in [2.75, 3.05) is 0 Å². The summed E-state index contributed by atoms with van der Waals surface area (Å²) in [5, 5.41) is 1.46. The lowest BCUT2D eigenvalue weighted by Gasteiger charge is -2.27. The normalized spacial score (nSPS) is 16.1. The number of benzene rings is 3. The van der Waals surface area contributed by atoms with Crippen LogP contribution in [0.3, 0.4) is 0 Å². The van der Waals surface area contributed by atoms with Crippen molar-refractivity contribution in [3.05, 3.63) is 91.0 Å². The van der Waals surface area contributed by atoms with E-state index in [0.29, 0.717) is 15.9 Å². The van der Waals surface area contributed by atoms with Crippen LogP contribution in [-0.4, -0.2) is 19.6 Å². The Labute approximate surface area is 184 Å². The minimum atomic E-state index is -5.68. The molecule has 0 saturated heterocycles. The first-order chi connectivity index (χ1) is 14.9. The van der Waals surface area contributed by atoms with Gasteiger partial charge in [0.25, 0.3) is 7.49 Å². The molecule has 0 heterocycles. The van der Waals surface area contributed by atoms with Crippen molar-refractivity contribution in [1.82, 2.24) is 0 Å². The molecule has 14 heteroatoms. The maximum absolute atomic E-state index is 12.9. The highest BCUT2D eigenvalue weighted by Gasteiger charge is 2.56. The molecule has 3 aromatic carbocycles. The highest BCUT2D eigenvalue weighted by atomic mass is 31.3. The van der Waals surface area contributed by atoms with Gasteiger partial charge in [0.1, 0.15) is 15.9 Å². The van der Waals surface area contributed by atoms with Gasteiger partial charge in [-0.25, -0.2) is 13.7 Å². The van der Waals surface area contributed by atoms with Gasteiger partial charge in [-0.15, -0.1) is 4.31 Å². The molecule has 2 atom stereocenters. The second kappa shape index (κ2) is 9.78. The van der Waals surface area contributed by atoms with Crippen LogP contribution in [0.1, 0.15) is 0 Å². The molecular weight excluding hydrogens is 500 g/mol. The fraction of sp³-hybridized carbons (Fsp3) is 0. The fourth-order valence-electron chi connectivity index (χ4n) is 2.95. The maximum Gasteiger partial charge on any atom is 0.515 e. The Bertz CT molecular complexity index is 1090. The van der Waals surface area contributed by atoms with Gasteiger partial charge in [-0.1, -0.05) is 54.6 Å². The van der Waals surface area contributed by atoms with E-state index in [0.717, 1.165) is 0 Å². The number of rotatable bonds is 9. The lowest BCUT2D eigenvalue weighted by atomic mass is 10.4. The molecule has 10 nitrogen and oxygen atoms in total.